The first-order valence-electron chi connectivity index (χ1n) is 6.68. The van der Waals surface area contributed by atoms with Gasteiger partial charge < -0.3 is 5.73 Å². The Balaban J connectivity index is 2.25. The summed E-state index contributed by atoms with van der Waals surface area (Å²) in [7, 11) is 0. The van der Waals surface area contributed by atoms with Gasteiger partial charge in [-0.05, 0) is 37.1 Å². The van der Waals surface area contributed by atoms with Crippen molar-refractivity contribution >= 4 is 17.4 Å². The van der Waals surface area contributed by atoms with Crippen LogP contribution in [0, 0.1) is 5.41 Å². The fraction of sp³-hybridized carbons (Fsp3) is 0.533. The molecule has 98 valence electrons. The molecule has 0 radical (unpaired) electrons. The topological polar surface area (TPSA) is 43.1 Å². The van der Waals surface area contributed by atoms with Crippen molar-refractivity contribution < 1.29 is 4.79 Å². The zero-order chi connectivity index (χ0) is 13.0. The molecular weight excluding hydrogens is 246 g/mol. The minimum Gasteiger partial charge on any atom is -0.329 e. The summed E-state index contributed by atoms with van der Waals surface area (Å²) in [6.45, 7) is 0.453. The Labute approximate surface area is 114 Å². The zero-order valence-electron chi connectivity index (χ0n) is 10.6. The molecule has 0 atom stereocenters. The minimum atomic E-state index is -0.343. The molecule has 2 rings (SSSR count). The Morgan fingerprint density at radius 2 is 1.67 bits per heavy atom. The Bertz CT molecular complexity index is 405. The number of carbonyl (C=O) groups excluding carboxylic acids is 1. The molecule has 3 heteroatoms. The van der Waals surface area contributed by atoms with Crippen LogP contribution in [0.3, 0.4) is 0 Å². The lowest BCUT2D eigenvalue weighted by atomic mass is 9.74. The Morgan fingerprint density at radius 1 is 1.11 bits per heavy atom. The van der Waals surface area contributed by atoms with E-state index in [0.29, 0.717) is 11.6 Å². The molecule has 0 spiro atoms. The number of carbonyl (C=O) groups is 1. The minimum absolute atomic E-state index is 0.198. The predicted molar refractivity (Wildman–Crippen MR) is 75.0 cm³/mol. The molecular formula is C15H20ClNO. The molecule has 0 amide bonds. The van der Waals surface area contributed by atoms with E-state index in [1.165, 1.54) is 12.8 Å². The highest BCUT2D eigenvalue weighted by atomic mass is 35.5. The van der Waals surface area contributed by atoms with Crippen LogP contribution >= 0.6 is 11.6 Å². The zero-order valence-corrected chi connectivity index (χ0v) is 11.4. The fourth-order valence-electron chi connectivity index (χ4n) is 2.84. The second-order valence-electron chi connectivity index (χ2n) is 5.23. The van der Waals surface area contributed by atoms with E-state index in [-0.39, 0.29) is 11.2 Å². The van der Waals surface area contributed by atoms with Crippen molar-refractivity contribution in [3.8, 4) is 0 Å². The van der Waals surface area contributed by atoms with E-state index >= 15 is 0 Å². The third-order valence-electron chi connectivity index (χ3n) is 4.04. The van der Waals surface area contributed by atoms with Crippen molar-refractivity contribution in [2.75, 3.05) is 6.54 Å². The molecule has 0 saturated heterocycles. The number of ketones is 1. The van der Waals surface area contributed by atoms with Gasteiger partial charge in [-0.2, -0.15) is 0 Å². The largest absolute Gasteiger partial charge is 0.329 e. The fourth-order valence-corrected chi connectivity index (χ4v) is 2.96. The molecule has 1 fully saturated rings. The van der Waals surface area contributed by atoms with Crippen LogP contribution in [-0.2, 0) is 0 Å². The first-order valence-corrected chi connectivity index (χ1v) is 7.06. The molecule has 2 N–H and O–H groups in total. The predicted octanol–water partition coefficient (Wildman–Crippen LogP) is 3.82. The van der Waals surface area contributed by atoms with Gasteiger partial charge in [0.25, 0.3) is 0 Å². The van der Waals surface area contributed by atoms with Crippen LogP contribution in [0.5, 0.6) is 0 Å². The van der Waals surface area contributed by atoms with E-state index in [4.69, 9.17) is 17.3 Å². The lowest BCUT2D eigenvalue weighted by Crippen LogP contribution is -2.38. The molecule has 1 aromatic carbocycles. The quantitative estimate of drug-likeness (QED) is 0.667. The molecule has 18 heavy (non-hydrogen) atoms. The normalized spacial score (nSPS) is 19.2. The van der Waals surface area contributed by atoms with Gasteiger partial charge in [-0.1, -0.05) is 37.3 Å². The van der Waals surface area contributed by atoms with Crippen LogP contribution in [0.15, 0.2) is 24.3 Å². The number of rotatable bonds is 3. The van der Waals surface area contributed by atoms with Crippen LogP contribution in [0.25, 0.3) is 0 Å². The van der Waals surface area contributed by atoms with Crippen molar-refractivity contribution in [2.45, 2.75) is 38.5 Å². The van der Waals surface area contributed by atoms with Crippen LogP contribution in [0.1, 0.15) is 48.9 Å². The van der Waals surface area contributed by atoms with Crippen LogP contribution in [-0.4, -0.2) is 12.3 Å². The summed E-state index contributed by atoms with van der Waals surface area (Å²) in [5, 5.41) is 0.661. The maximum absolute atomic E-state index is 12.7. The summed E-state index contributed by atoms with van der Waals surface area (Å²) >= 11 is 5.86. The van der Waals surface area contributed by atoms with Crippen molar-refractivity contribution in [1.82, 2.24) is 0 Å². The molecule has 0 aliphatic heterocycles. The molecule has 0 heterocycles. The van der Waals surface area contributed by atoms with E-state index < -0.39 is 0 Å². The molecule has 0 unspecified atom stereocenters. The van der Waals surface area contributed by atoms with E-state index in [9.17, 15) is 4.79 Å². The molecule has 1 aliphatic carbocycles. The van der Waals surface area contributed by atoms with Gasteiger partial charge in [-0.25, -0.2) is 0 Å². The summed E-state index contributed by atoms with van der Waals surface area (Å²) in [6.07, 6.45) is 6.49. The number of benzene rings is 1. The second kappa shape index (κ2) is 5.85. The Kier molecular flexibility index (Phi) is 4.41. The Hall–Kier alpha value is -0.860. The third-order valence-corrected chi connectivity index (χ3v) is 4.29. The van der Waals surface area contributed by atoms with Gasteiger partial charge in [0.2, 0.25) is 0 Å². The molecule has 1 aromatic rings. The first kappa shape index (κ1) is 13.6. The van der Waals surface area contributed by atoms with E-state index in [1.54, 1.807) is 12.1 Å². The summed E-state index contributed by atoms with van der Waals surface area (Å²) in [5.41, 5.74) is 6.33. The van der Waals surface area contributed by atoms with Gasteiger partial charge in [-0.15, -0.1) is 0 Å². The number of hydrogen-bond acceptors (Lipinski definition) is 2. The monoisotopic (exact) mass is 265 g/mol. The van der Waals surface area contributed by atoms with Crippen molar-refractivity contribution in [2.24, 2.45) is 11.1 Å². The standard InChI is InChI=1S/C15H20ClNO/c16-13-7-5-12(6-8-13)14(18)15(11-17)9-3-1-2-4-10-15/h5-8H,1-4,9-11,17H2. The lowest BCUT2D eigenvalue weighted by molar-refractivity contribution is 0.0774. The number of Topliss-reactive ketones (excluding diaryl/α,β-unsaturated/α-hetero) is 1. The second-order valence-corrected chi connectivity index (χ2v) is 5.67. The summed E-state index contributed by atoms with van der Waals surface area (Å²) in [5.74, 6) is 0.198. The van der Waals surface area contributed by atoms with Gasteiger partial charge in [0.15, 0.2) is 5.78 Å². The maximum atomic E-state index is 12.7. The summed E-state index contributed by atoms with van der Waals surface area (Å²) in [4.78, 5) is 12.7. The average Bonchev–Trinajstić information content (AvgIpc) is 2.65. The number of hydrogen-bond donors (Lipinski definition) is 1. The molecule has 1 saturated carbocycles. The van der Waals surface area contributed by atoms with Crippen molar-refractivity contribution in [1.29, 1.82) is 0 Å². The van der Waals surface area contributed by atoms with Crippen LogP contribution in [0.4, 0.5) is 0 Å². The van der Waals surface area contributed by atoms with Gasteiger partial charge in [0.05, 0.1) is 0 Å². The third kappa shape index (κ3) is 2.76. The number of nitrogens with two attached hydrogens (primary N) is 1. The van der Waals surface area contributed by atoms with Crippen LogP contribution in [0.2, 0.25) is 5.02 Å². The highest BCUT2D eigenvalue weighted by Gasteiger charge is 2.37. The highest BCUT2D eigenvalue weighted by Crippen LogP contribution is 2.37. The summed E-state index contributed by atoms with van der Waals surface area (Å²) in [6, 6.07) is 7.17. The van der Waals surface area contributed by atoms with Gasteiger partial charge >= 0.3 is 0 Å². The van der Waals surface area contributed by atoms with E-state index in [1.807, 2.05) is 12.1 Å². The number of halogens is 1. The van der Waals surface area contributed by atoms with Crippen molar-refractivity contribution in [3.05, 3.63) is 34.9 Å². The van der Waals surface area contributed by atoms with E-state index in [2.05, 4.69) is 0 Å². The first-order chi connectivity index (χ1) is 8.68. The average molecular weight is 266 g/mol. The van der Waals surface area contributed by atoms with Gasteiger partial charge in [0, 0.05) is 22.5 Å². The molecule has 0 bridgehead atoms. The van der Waals surface area contributed by atoms with Gasteiger partial charge in [-0.3, -0.25) is 4.79 Å². The molecule has 1 aliphatic rings. The van der Waals surface area contributed by atoms with Crippen LogP contribution < -0.4 is 5.73 Å². The summed E-state index contributed by atoms with van der Waals surface area (Å²) < 4.78 is 0. The van der Waals surface area contributed by atoms with Crippen molar-refractivity contribution in [3.63, 3.8) is 0 Å². The maximum Gasteiger partial charge on any atom is 0.170 e. The van der Waals surface area contributed by atoms with Gasteiger partial charge in [0.1, 0.15) is 0 Å². The smallest absolute Gasteiger partial charge is 0.170 e. The lowest BCUT2D eigenvalue weighted by Gasteiger charge is -2.29. The van der Waals surface area contributed by atoms with E-state index in [0.717, 1.165) is 31.2 Å². The molecule has 2 nitrogen and oxygen atoms in total. The SMILES string of the molecule is NCC1(C(=O)c2ccc(Cl)cc2)CCCCCC1. The highest BCUT2D eigenvalue weighted by molar-refractivity contribution is 6.30. The Morgan fingerprint density at radius 3 is 2.17 bits per heavy atom. The molecule has 0 aromatic heterocycles.